The van der Waals surface area contributed by atoms with E-state index in [1.807, 2.05) is 0 Å². The SMILES string of the molecule is CN1CCC(c2cccc3c2CC(N)CC3)CC1. The van der Waals surface area contributed by atoms with Gasteiger partial charge in [0, 0.05) is 6.04 Å². The van der Waals surface area contributed by atoms with E-state index in [0.29, 0.717) is 6.04 Å². The van der Waals surface area contributed by atoms with Gasteiger partial charge in [0.15, 0.2) is 0 Å². The van der Waals surface area contributed by atoms with Gasteiger partial charge in [0.25, 0.3) is 0 Å². The first-order valence-electron chi connectivity index (χ1n) is 7.29. The van der Waals surface area contributed by atoms with Gasteiger partial charge in [-0.1, -0.05) is 18.2 Å². The molecule has 0 spiro atoms. The molecule has 2 heteroatoms. The van der Waals surface area contributed by atoms with Crippen molar-refractivity contribution in [3.63, 3.8) is 0 Å². The van der Waals surface area contributed by atoms with Gasteiger partial charge in [0.05, 0.1) is 0 Å². The first-order valence-corrected chi connectivity index (χ1v) is 7.29. The standard InChI is InChI=1S/C16H24N2/c1-18-9-7-13(8-10-18)15-4-2-3-12-5-6-14(17)11-16(12)15/h2-4,13-14H,5-11,17H2,1H3. The monoisotopic (exact) mass is 244 g/mol. The zero-order valence-corrected chi connectivity index (χ0v) is 11.4. The summed E-state index contributed by atoms with van der Waals surface area (Å²) < 4.78 is 0. The van der Waals surface area contributed by atoms with Crippen LogP contribution in [-0.4, -0.2) is 31.1 Å². The van der Waals surface area contributed by atoms with E-state index in [4.69, 9.17) is 5.73 Å². The number of nitrogens with zero attached hydrogens (tertiary/aromatic N) is 1. The van der Waals surface area contributed by atoms with Gasteiger partial charge in [-0.25, -0.2) is 0 Å². The zero-order chi connectivity index (χ0) is 12.5. The largest absolute Gasteiger partial charge is 0.327 e. The van der Waals surface area contributed by atoms with E-state index in [2.05, 4.69) is 30.1 Å². The van der Waals surface area contributed by atoms with Crippen molar-refractivity contribution in [1.82, 2.24) is 4.90 Å². The number of aryl methyl sites for hydroxylation is 1. The quantitative estimate of drug-likeness (QED) is 0.821. The lowest BCUT2D eigenvalue weighted by atomic mass is 9.79. The van der Waals surface area contributed by atoms with E-state index in [1.165, 1.54) is 32.4 Å². The fourth-order valence-corrected chi connectivity index (χ4v) is 3.54. The molecule has 2 nitrogen and oxygen atoms in total. The van der Waals surface area contributed by atoms with Crippen LogP contribution in [0.4, 0.5) is 0 Å². The normalized spacial score (nSPS) is 26.0. The summed E-state index contributed by atoms with van der Waals surface area (Å²) in [6.07, 6.45) is 6.04. The van der Waals surface area contributed by atoms with Crippen molar-refractivity contribution in [1.29, 1.82) is 0 Å². The number of nitrogens with two attached hydrogens (primary N) is 1. The molecule has 1 aliphatic heterocycles. The lowest BCUT2D eigenvalue weighted by Gasteiger charge is -2.32. The Labute approximate surface area is 110 Å². The number of piperidine rings is 1. The van der Waals surface area contributed by atoms with Gasteiger partial charge < -0.3 is 10.6 Å². The van der Waals surface area contributed by atoms with Crippen molar-refractivity contribution >= 4 is 0 Å². The van der Waals surface area contributed by atoms with Gasteiger partial charge in [0.2, 0.25) is 0 Å². The highest BCUT2D eigenvalue weighted by Crippen LogP contribution is 2.34. The summed E-state index contributed by atoms with van der Waals surface area (Å²) in [6, 6.07) is 7.29. The van der Waals surface area contributed by atoms with Crippen LogP contribution in [0.5, 0.6) is 0 Å². The van der Waals surface area contributed by atoms with E-state index < -0.39 is 0 Å². The molecule has 0 aromatic heterocycles. The third-order valence-corrected chi connectivity index (χ3v) is 4.72. The maximum atomic E-state index is 6.16. The molecule has 1 unspecified atom stereocenters. The Morgan fingerprint density at radius 2 is 1.94 bits per heavy atom. The maximum absolute atomic E-state index is 6.16. The summed E-state index contributed by atoms with van der Waals surface area (Å²) in [7, 11) is 2.23. The Morgan fingerprint density at radius 3 is 2.72 bits per heavy atom. The van der Waals surface area contributed by atoms with Gasteiger partial charge in [-0.2, -0.15) is 0 Å². The van der Waals surface area contributed by atoms with Crippen LogP contribution in [-0.2, 0) is 12.8 Å². The lowest BCUT2D eigenvalue weighted by Crippen LogP contribution is -2.32. The average Bonchev–Trinajstić information content (AvgIpc) is 2.39. The molecule has 1 heterocycles. The van der Waals surface area contributed by atoms with Crippen molar-refractivity contribution in [3.8, 4) is 0 Å². The van der Waals surface area contributed by atoms with Crippen LogP contribution in [0.3, 0.4) is 0 Å². The van der Waals surface area contributed by atoms with E-state index in [-0.39, 0.29) is 0 Å². The predicted molar refractivity (Wildman–Crippen MR) is 75.9 cm³/mol. The Morgan fingerprint density at radius 1 is 1.17 bits per heavy atom. The van der Waals surface area contributed by atoms with Crippen molar-refractivity contribution < 1.29 is 0 Å². The Balaban J connectivity index is 1.88. The lowest BCUT2D eigenvalue weighted by molar-refractivity contribution is 0.254. The molecule has 1 aromatic rings. The number of hydrogen-bond acceptors (Lipinski definition) is 2. The minimum atomic E-state index is 0.380. The van der Waals surface area contributed by atoms with E-state index in [0.717, 1.165) is 18.8 Å². The number of benzene rings is 1. The number of hydrogen-bond donors (Lipinski definition) is 1. The minimum Gasteiger partial charge on any atom is -0.327 e. The first-order chi connectivity index (χ1) is 8.74. The van der Waals surface area contributed by atoms with Gasteiger partial charge in [-0.05, 0) is 74.8 Å². The molecule has 1 fully saturated rings. The van der Waals surface area contributed by atoms with Crippen LogP contribution in [0, 0.1) is 0 Å². The summed E-state index contributed by atoms with van der Waals surface area (Å²) in [6.45, 7) is 2.47. The van der Waals surface area contributed by atoms with Crippen molar-refractivity contribution in [2.24, 2.45) is 5.73 Å². The second-order valence-corrected chi connectivity index (χ2v) is 6.07. The first kappa shape index (κ1) is 12.2. The van der Waals surface area contributed by atoms with Crippen molar-refractivity contribution in [3.05, 3.63) is 34.9 Å². The van der Waals surface area contributed by atoms with Gasteiger partial charge in [0.1, 0.15) is 0 Å². The van der Waals surface area contributed by atoms with Gasteiger partial charge in [-0.3, -0.25) is 0 Å². The van der Waals surface area contributed by atoms with Crippen LogP contribution in [0.1, 0.15) is 41.9 Å². The fraction of sp³-hybridized carbons (Fsp3) is 0.625. The van der Waals surface area contributed by atoms with Crippen LogP contribution in [0.2, 0.25) is 0 Å². The van der Waals surface area contributed by atoms with E-state index in [9.17, 15) is 0 Å². The highest BCUT2D eigenvalue weighted by Gasteiger charge is 2.24. The van der Waals surface area contributed by atoms with Gasteiger partial charge >= 0.3 is 0 Å². The van der Waals surface area contributed by atoms with E-state index >= 15 is 0 Å². The third-order valence-electron chi connectivity index (χ3n) is 4.72. The minimum absolute atomic E-state index is 0.380. The summed E-state index contributed by atoms with van der Waals surface area (Å²) in [5, 5.41) is 0. The molecule has 0 bridgehead atoms. The topological polar surface area (TPSA) is 29.3 Å². The second-order valence-electron chi connectivity index (χ2n) is 6.07. The van der Waals surface area contributed by atoms with Crippen LogP contribution in [0.25, 0.3) is 0 Å². The molecule has 1 saturated heterocycles. The van der Waals surface area contributed by atoms with Crippen molar-refractivity contribution in [2.45, 2.75) is 44.1 Å². The Bertz CT molecular complexity index is 419. The number of fused-ring (bicyclic) bond motifs is 1. The summed E-state index contributed by atoms with van der Waals surface area (Å²) in [5.74, 6) is 0.765. The molecule has 1 aliphatic carbocycles. The molecule has 1 atom stereocenters. The van der Waals surface area contributed by atoms with Gasteiger partial charge in [-0.15, -0.1) is 0 Å². The Kier molecular flexibility index (Phi) is 3.40. The average molecular weight is 244 g/mol. The predicted octanol–water partition coefficient (Wildman–Crippen LogP) is 2.31. The van der Waals surface area contributed by atoms with Crippen LogP contribution >= 0.6 is 0 Å². The summed E-state index contributed by atoms with van der Waals surface area (Å²) in [4.78, 5) is 2.44. The molecule has 2 N–H and O–H groups in total. The molecule has 0 saturated carbocycles. The molecular weight excluding hydrogens is 220 g/mol. The summed E-state index contributed by atoms with van der Waals surface area (Å²) in [5.41, 5.74) is 10.9. The molecule has 3 rings (SSSR count). The van der Waals surface area contributed by atoms with Crippen molar-refractivity contribution in [2.75, 3.05) is 20.1 Å². The Hall–Kier alpha value is -0.860. The fourth-order valence-electron chi connectivity index (χ4n) is 3.54. The molecular formula is C16H24N2. The molecule has 0 amide bonds. The van der Waals surface area contributed by atoms with E-state index in [1.54, 1.807) is 16.7 Å². The molecule has 0 radical (unpaired) electrons. The highest BCUT2D eigenvalue weighted by atomic mass is 15.1. The maximum Gasteiger partial charge on any atom is 0.00826 e. The summed E-state index contributed by atoms with van der Waals surface area (Å²) >= 11 is 0. The molecule has 1 aromatic carbocycles. The molecule has 18 heavy (non-hydrogen) atoms. The second kappa shape index (κ2) is 5.02. The highest BCUT2D eigenvalue weighted by molar-refractivity contribution is 5.40. The zero-order valence-electron chi connectivity index (χ0n) is 11.4. The molecule has 98 valence electrons. The number of rotatable bonds is 1. The molecule has 2 aliphatic rings. The van der Waals surface area contributed by atoms with Crippen LogP contribution in [0.15, 0.2) is 18.2 Å². The third kappa shape index (κ3) is 2.32. The van der Waals surface area contributed by atoms with Crippen LogP contribution < -0.4 is 5.73 Å². The number of likely N-dealkylation sites (tertiary alicyclic amines) is 1. The smallest absolute Gasteiger partial charge is 0.00826 e.